The Hall–Kier alpha value is -4.17. The number of nitrogens with one attached hydrogen (secondary N) is 2. The van der Waals surface area contributed by atoms with E-state index in [4.69, 9.17) is 4.74 Å². The van der Waals surface area contributed by atoms with Gasteiger partial charge in [-0.2, -0.15) is 0 Å². The van der Waals surface area contributed by atoms with Crippen molar-refractivity contribution in [3.63, 3.8) is 0 Å². The third kappa shape index (κ3) is 6.70. The minimum absolute atomic E-state index is 0.171. The smallest absolute Gasteiger partial charge is 0.227 e. The highest BCUT2D eigenvalue weighted by molar-refractivity contribution is 6.07. The van der Waals surface area contributed by atoms with E-state index in [9.17, 15) is 4.79 Å². The average molecular weight is 487 g/mol. The van der Waals surface area contributed by atoms with Gasteiger partial charge in [-0.3, -0.25) is 4.79 Å². The minimum Gasteiger partial charge on any atom is -0.494 e. The van der Waals surface area contributed by atoms with E-state index in [1.807, 2.05) is 52.3 Å². The summed E-state index contributed by atoms with van der Waals surface area (Å²) in [6, 6.07) is 12.9. The number of aromatic nitrogens is 2. The van der Waals surface area contributed by atoms with Crippen molar-refractivity contribution in [3.05, 3.63) is 90.4 Å². The van der Waals surface area contributed by atoms with Crippen LogP contribution in [0.2, 0.25) is 0 Å². The molecule has 2 N–H and O–H groups in total. The summed E-state index contributed by atoms with van der Waals surface area (Å²) in [5, 5.41) is 6.51. The molecule has 3 aromatic rings. The standard InChI is InChI=1S/C28H34N6O2/c1-8-20(3)30-23-17-24(26(36-7)18-25(23)34(6)16-15-33(4)5)32-28-29-14-13-22(31-28)27(35)21-11-9-19(2)10-12-21/h8-14,17-18,30H,1,3,15-16H2,2,4-7H3,(H,29,31,32). The summed E-state index contributed by atoms with van der Waals surface area (Å²) >= 11 is 0. The second-order valence-corrected chi connectivity index (χ2v) is 8.73. The number of hydrogen-bond acceptors (Lipinski definition) is 8. The Morgan fingerprint density at radius 3 is 2.44 bits per heavy atom. The Kier molecular flexibility index (Phi) is 8.81. The summed E-state index contributed by atoms with van der Waals surface area (Å²) in [6.07, 6.45) is 3.22. The Morgan fingerprint density at radius 1 is 1.08 bits per heavy atom. The largest absolute Gasteiger partial charge is 0.494 e. The highest BCUT2D eigenvalue weighted by Gasteiger charge is 2.17. The molecular weight excluding hydrogens is 452 g/mol. The van der Waals surface area contributed by atoms with Crippen LogP contribution in [-0.4, -0.2) is 62.0 Å². The summed E-state index contributed by atoms with van der Waals surface area (Å²) in [7, 11) is 7.71. The van der Waals surface area contributed by atoms with E-state index < -0.39 is 0 Å². The number of likely N-dealkylation sites (N-methyl/N-ethyl adjacent to an activating group) is 2. The molecule has 0 saturated heterocycles. The van der Waals surface area contributed by atoms with Crippen molar-refractivity contribution in [3.8, 4) is 5.75 Å². The highest BCUT2D eigenvalue weighted by Crippen LogP contribution is 2.38. The lowest BCUT2D eigenvalue weighted by Crippen LogP contribution is -2.29. The second-order valence-electron chi connectivity index (χ2n) is 8.73. The maximum atomic E-state index is 12.9. The fourth-order valence-electron chi connectivity index (χ4n) is 3.46. The fourth-order valence-corrected chi connectivity index (χ4v) is 3.46. The Labute approximate surface area is 213 Å². The number of benzene rings is 2. The monoisotopic (exact) mass is 486 g/mol. The van der Waals surface area contributed by atoms with Crippen molar-refractivity contribution in [2.75, 3.05) is 56.9 Å². The first-order valence-electron chi connectivity index (χ1n) is 11.6. The molecule has 0 saturated carbocycles. The molecule has 0 fully saturated rings. The van der Waals surface area contributed by atoms with E-state index in [1.54, 1.807) is 37.6 Å². The molecule has 8 heteroatoms. The molecule has 0 spiro atoms. The van der Waals surface area contributed by atoms with Crippen LogP contribution in [0, 0.1) is 6.92 Å². The van der Waals surface area contributed by atoms with Gasteiger partial charge in [0.2, 0.25) is 11.7 Å². The van der Waals surface area contributed by atoms with Crippen LogP contribution in [0.1, 0.15) is 21.6 Å². The second kappa shape index (κ2) is 12.0. The van der Waals surface area contributed by atoms with Crippen molar-refractivity contribution in [1.82, 2.24) is 14.9 Å². The number of carbonyl (C=O) groups excluding carboxylic acids is 1. The maximum Gasteiger partial charge on any atom is 0.227 e. The number of hydrogen-bond donors (Lipinski definition) is 2. The van der Waals surface area contributed by atoms with E-state index >= 15 is 0 Å². The first-order valence-corrected chi connectivity index (χ1v) is 11.6. The molecule has 0 aliphatic rings. The predicted molar refractivity (Wildman–Crippen MR) is 148 cm³/mol. The number of methoxy groups -OCH3 is 1. The molecule has 3 rings (SSSR count). The topological polar surface area (TPSA) is 82.6 Å². The third-order valence-electron chi connectivity index (χ3n) is 5.60. The van der Waals surface area contributed by atoms with Gasteiger partial charge < -0.3 is 25.2 Å². The molecule has 0 amide bonds. The molecule has 0 aliphatic carbocycles. The molecule has 1 aromatic heterocycles. The number of allylic oxidation sites excluding steroid dienone is 1. The number of anilines is 4. The molecule has 0 bridgehead atoms. The molecule has 0 unspecified atom stereocenters. The lowest BCUT2D eigenvalue weighted by atomic mass is 10.1. The zero-order chi connectivity index (χ0) is 26.2. The predicted octanol–water partition coefficient (Wildman–Crippen LogP) is 4.88. The quantitative estimate of drug-likeness (QED) is 0.277. The Balaban J connectivity index is 1.95. The molecule has 0 atom stereocenters. The molecule has 36 heavy (non-hydrogen) atoms. The third-order valence-corrected chi connectivity index (χ3v) is 5.60. The molecule has 188 valence electrons. The number of nitrogens with zero attached hydrogens (tertiary/aromatic N) is 4. The van der Waals surface area contributed by atoms with Gasteiger partial charge in [0, 0.05) is 43.7 Å². The molecule has 0 aliphatic heterocycles. The summed E-state index contributed by atoms with van der Waals surface area (Å²) in [4.78, 5) is 26.0. The maximum absolute atomic E-state index is 12.9. The van der Waals surface area contributed by atoms with Crippen LogP contribution in [0.5, 0.6) is 5.75 Å². The van der Waals surface area contributed by atoms with E-state index in [0.717, 1.165) is 30.0 Å². The molecule has 2 aromatic carbocycles. The van der Waals surface area contributed by atoms with Crippen LogP contribution in [0.25, 0.3) is 0 Å². The Morgan fingerprint density at radius 2 is 1.81 bits per heavy atom. The van der Waals surface area contributed by atoms with Crippen LogP contribution >= 0.6 is 0 Å². The van der Waals surface area contributed by atoms with Crippen molar-refractivity contribution in [2.45, 2.75) is 6.92 Å². The SMILES string of the molecule is C=CC(=C)Nc1cc(Nc2nccc(C(=O)c3ccc(C)cc3)n2)c(OC)cc1N(C)CCN(C)C. The first kappa shape index (κ1) is 26.4. The van der Waals surface area contributed by atoms with Crippen LogP contribution < -0.4 is 20.3 Å². The van der Waals surface area contributed by atoms with E-state index in [2.05, 4.69) is 43.6 Å². The van der Waals surface area contributed by atoms with Gasteiger partial charge in [0.1, 0.15) is 11.4 Å². The van der Waals surface area contributed by atoms with Gasteiger partial charge in [0.05, 0.1) is 24.2 Å². The Bertz CT molecular complexity index is 1240. The van der Waals surface area contributed by atoms with E-state index in [-0.39, 0.29) is 11.7 Å². The zero-order valence-corrected chi connectivity index (χ0v) is 21.6. The van der Waals surface area contributed by atoms with Crippen LogP contribution in [0.3, 0.4) is 0 Å². The lowest BCUT2D eigenvalue weighted by Gasteiger charge is -2.26. The average Bonchev–Trinajstić information content (AvgIpc) is 2.87. The summed E-state index contributed by atoms with van der Waals surface area (Å²) < 4.78 is 5.69. The van der Waals surface area contributed by atoms with Gasteiger partial charge in [0.15, 0.2) is 0 Å². The van der Waals surface area contributed by atoms with E-state index in [0.29, 0.717) is 28.4 Å². The van der Waals surface area contributed by atoms with Crippen LogP contribution in [0.4, 0.5) is 23.0 Å². The highest BCUT2D eigenvalue weighted by atomic mass is 16.5. The summed E-state index contributed by atoms with van der Waals surface area (Å²) in [5.41, 5.74) is 5.01. The van der Waals surface area contributed by atoms with Gasteiger partial charge >= 0.3 is 0 Å². The number of rotatable bonds is 12. The molecule has 0 radical (unpaired) electrons. The number of ether oxygens (including phenoxy) is 1. The van der Waals surface area contributed by atoms with Crippen molar-refractivity contribution in [2.24, 2.45) is 0 Å². The lowest BCUT2D eigenvalue weighted by molar-refractivity contribution is 0.103. The zero-order valence-electron chi connectivity index (χ0n) is 21.6. The van der Waals surface area contributed by atoms with Crippen molar-refractivity contribution < 1.29 is 9.53 Å². The van der Waals surface area contributed by atoms with Crippen LogP contribution in [0.15, 0.2) is 73.6 Å². The van der Waals surface area contributed by atoms with Crippen molar-refractivity contribution >= 4 is 28.8 Å². The number of carbonyl (C=O) groups is 1. The van der Waals surface area contributed by atoms with Gasteiger partial charge in [-0.25, -0.2) is 9.97 Å². The van der Waals surface area contributed by atoms with Gasteiger partial charge in [0.25, 0.3) is 0 Å². The van der Waals surface area contributed by atoms with Crippen molar-refractivity contribution in [1.29, 1.82) is 0 Å². The minimum atomic E-state index is -0.171. The summed E-state index contributed by atoms with van der Waals surface area (Å²) in [5.74, 6) is 0.721. The number of ketones is 1. The normalized spacial score (nSPS) is 10.6. The first-order chi connectivity index (χ1) is 17.2. The van der Waals surface area contributed by atoms with Crippen LogP contribution in [-0.2, 0) is 0 Å². The van der Waals surface area contributed by atoms with Gasteiger partial charge in [-0.15, -0.1) is 0 Å². The summed E-state index contributed by atoms with van der Waals surface area (Å²) in [6.45, 7) is 11.5. The molecule has 1 heterocycles. The number of aryl methyl sites for hydroxylation is 1. The van der Waals surface area contributed by atoms with E-state index in [1.165, 1.54) is 0 Å². The molecule has 8 nitrogen and oxygen atoms in total. The van der Waals surface area contributed by atoms with Gasteiger partial charge in [-0.05, 0) is 39.2 Å². The van der Waals surface area contributed by atoms with Gasteiger partial charge in [-0.1, -0.05) is 43.0 Å². The fraction of sp³-hybridized carbons (Fsp3) is 0.250. The molecular formula is C28H34N6O2.